The van der Waals surface area contributed by atoms with E-state index in [4.69, 9.17) is 0 Å². The van der Waals surface area contributed by atoms with Gasteiger partial charge in [0.2, 0.25) is 0 Å². The highest BCUT2D eigenvalue weighted by atomic mass is 16.3. The van der Waals surface area contributed by atoms with Crippen molar-refractivity contribution in [2.75, 3.05) is 0 Å². The fourth-order valence-corrected chi connectivity index (χ4v) is 2.10. The molecule has 0 unspecified atom stereocenters. The van der Waals surface area contributed by atoms with Gasteiger partial charge in [-0.2, -0.15) is 0 Å². The summed E-state index contributed by atoms with van der Waals surface area (Å²) in [6.45, 7) is 0. The van der Waals surface area contributed by atoms with Gasteiger partial charge >= 0.3 is 0 Å². The summed E-state index contributed by atoms with van der Waals surface area (Å²) in [6.07, 6.45) is 5.77. The van der Waals surface area contributed by atoms with Crippen molar-refractivity contribution in [2.45, 2.75) is 6.42 Å². The van der Waals surface area contributed by atoms with Gasteiger partial charge in [-0.25, -0.2) is 0 Å². The molecule has 0 bridgehead atoms. The number of hydrogen-bond acceptors (Lipinski definition) is 3. The highest BCUT2D eigenvalue weighted by Gasteiger charge is 2.03. The van der Waals surface area contributed by atoms with E-state index in [9.17, 15) is 5.11 Å². The molecule has 0 saturated carbocycles. The van der Waals surface area contributed by atoms with Crippen molar-refractivity contribution in [1.82, 2.24) is 9.97 Å². The lowest BCUT2D eigenvalue weighted by Crippen LogP contribution is -1.92. The molecule has 1 N–H and O–H groups in total. The van der Waals surface area contributed by atoms with Crippen molar-refractivity contribution < 1.29 is 5.11 Å². The summed E-state index contributed by atoms with van der Waals surface area (Å²) in [5.41, 5.74) is 3.17. The Morgan fingerprint density at radius 1 is 1.06 bits per heavy atom. The average Bonchev–Trinajstić information content (AvgIpc) is 2.39. The van der Waals surface area contributed by atoms with Gasteiger partial charge in [0, 0.05) is 17.8 Å². The summed E-state index contributed by atoms with van der Waals surface area (Å²) in [5, 5.41) is 10.6. The van der Waals surface area contributed by atoms with Crippen molar-refractivity contribution in [3.05, 3.63) is 66.1 Å². The normalized spacial score (nSPS) is 10.7. The minimum atomic E-state index is 0.200. The maximum absolute atomic E-state index is 9.43. The number of aromatic nitrogens is 2. The van der Waals surface area contributed by atoms with Crippen LogP contribution in [0.4, 0.5) is 0 Å². The third-order valence-corrected chi connectivity index (χ3v) is 2.91. The molecular weight excluding hydrogens is 224 g/mol. The van der Waals surface area contributed by atoms with Crippen molar-refractivity contribution in [3.63, 3.8) is 0 Å². The van der Waals surface area contributed by atoms with Crippen LogP contribution in [0.15, 0.2) is 55.0 Å². The van der Waals surface area contributed by atoms with Crippen LogP contribution in [0, 0.1) is 0 Å². The van der Waals surface area contributed by atoms with Gasteiger partial charge in [-0.1, -0.05) is 18.2 Å². The van der Waals surface area contributed by atoms with E-state index in [-0.39, 0.29) is 5.75 Å². The number of benzene rings is 1. The molecule has 0 aliphatic carbocycles. The minimum Gasteiger partial charge on any atom is -0.506 e. The molecule has 0 aliphatic rings. The van der Waals surface area contributed by atoms with E-state index in [0.29, 0.717) is 0 Å². The average molecular weight is 236 g/mol. The van der Waals surface area contributed by atoms with Crippen molar-refractivity contribution in [2.24, 2.45) is 0 Å². The van der Waals surface area contributed by atoms with E-state index in [0.717, 1.165) is 22.9 Å². The zero-order valence-corrected chi connectivity index (χ0v) is 9.74. The zero-order chi connectivity index (χ0) is 12.4. The van der Waals surface area contributed by atoms with E-state index in [2.05, 4.69) is 16.0 Å². The first-order valence-electron chi connectivity index (χ1n) is 5.78. The number of pyridine rings is 2. The van der Waals surface area contributed by atoms with E-state index >= 15 is 0 Å². The highest BCUT2D eigenvalue weighted by molar-refractivity contribution is 5.82. The molecule has 3 heteroatoms. The monoisotopic (exact) mass is 236 g/mol. The Bertz CT molecular complexity index is 689. The summed E-state index contributed by atoms with van der Waals surface area (Å²) in [6, 6.07) is 11.8. The molecule has 3 nitrogen and oxygen atoms in total. The molecule has 3 rings (SSSR count). The lowest BCUT2D eigenvalue weighted by atomic mass is 10.0. The summed E-state index contributed by atoms with van der Waals surface area (Å²) in [5.74, 6) is 0.200. The molecule has 2 heterocycles. The van der Waals surface area contributed by atoms with Gasteiger partial charge < -0.3 is 5.11 Å². The lowest BCUT2D eigenvalue weighted by molar-refractivity contribution is 0.472. The number of aromatic hydroxyl groups is 1. The van der Waals surface area contributed by atoms with Crippen LogP contribution in [0.3, 0.4) is 0 Å². The van der Waals surface area contributed by atoms with E-state index in [1.165, 1.54) is 11.8 Å². The third-order valence-electron chi connectivity index (χ3n) is 2.91. The molecule has 0 radical (unpaired) electrons. The SMILES string of the molecule is Oc1cncc(Cc2ccnc3ccccc23)c1. The van der Waals surface area contributed by atoms with Crippen molar-refractivity contribution in [3.8, 4) is 5.75 Å². The standard InChI is InChI=1S/C15H12N2O/c18-13-8-11(9-16-10-13)7-12-5-6-17-15-4-2-1-3-14(12)15/h1-6,8-10,18H,7H2. The molecule has 1 aromatic carbocycles. The van der Waals surface area contributed by atoms with Gasteiger partial charge in [-0.3, -0.25) is 9.97 Å². The van der Waals surface area contributed by atoms with Crippen LogP contribution >= 0.6 is 0 Å². The van der Waals surface area contributed by atoms with Gasteiger partial charge in [0.25, 0.3) is 0 Å². The van der Waals surface area contributed by atoms with Crippen molar-refractivity contribution in [1.29, 1.82) is 0 Å². The molecule has 18 heavy (non-hydrogen) atoms. The van der Waals surface area contributed by atoms with Gasteiger partial charge in [-0.05, 0) is 35.7 Å². The Hall–Kier alpha value is -2.42. The van der Waals surface area contributed by atoms with Crippen molar-refractivity contribution >= 4 is 10.9 Å². The molecule has 0 spiro atoms. The summed E-state index contributed by atoms with van der Waals surface area (Å²) < 4.78 is 0. The summed E-state index contributed by atoms with van der Waals surface area (Å²) in [7, 11) is 0. The Morgan fingerprint density at radius 2 is 1.94 bits per heavy atom. The van der Waals surface area contributed by atoms with Crippen LogP contribution in [0.25, 0.3) is 10.9 Å². The van der Waals surface area contributed by atoms with Crippen LogP contribution in [0.1, 0.15) is 11.1 Å². The van der Waals surface area contributed by atoms with Gasteiger partial charge in [0.15, 0.2) is 0 Å². The molecular formula is C15H12N2O. The molecule has 0 saturated heterocycles. The Morgan fingerprint density at radius 3 is 2.83 bits per heavy atom. The Labute approximate surface area is 105 Å². The zero-order valence-electron chi connectivity index (χ0n) is 9.74. The van der Waals surface area contributed by atoms with Gasteiger partial charge in [0.05, 0.1) is 11.7 Å². The molecule has 88 valence electrons. The molecule has 0 fully saturated rings. The van der Waals surface area contributed by atoms with E-state index in [1.54, 1.807) is 12.3 Å². The van der Waals surface area contributed by atoms with Gasteiger partial charge in [-0.15, -0.1) is 0 Å². The second kappa shape index (κ2) is 4.45. The first-order chi connectivity index (χ1) is 8.83. The smallest absolute Gasteiger partial charge is 0.134 e. The van der Waals surface area contributed by atoms with Gasteiger partial charge in [0.1, 0.15) is 5.75 Å². The quantitative estimate of drug-likeness (QED) is 0.744. The molecule has 0 atom stereocenters. The molecule has 0 aliphatic heterocycles. The Kier molecular flexibility index (Phi) is 2.65. The van der Waals surface area contributed by atoms with Crippen LogP contribution in [0.5, 0.6) is 5.75 Å². The Balaban J connectivity index is 2.05. The lowest BCUT2D eigenvalue weighted by Gasteiger charge is -2.06. The van der Waals surface area contributed by atoms with Crippen LogP contribution in [-0.2, 0) is 6.42 Å². The van der Waals surface area contributed by atoms with Crippen LogP contribution in [-0.4, -0.2) is 15.1 Å². The second-order valence-electron chi connectivity index (χ2n) is 4.22. The molecule has 2 aromatic heterocycles. The maximum atomic E-state index is 9.43. The fraction of sp³-hybridized carbons (Fsp3) is 0.0667. The fourth-order valence-electron chi connectivity index (χ4n) is 2.10. The number of hydrogen-bond donors (Lipinski definition) is 1. The topological polar surface area (TPSA) is 46.0 Å². The number of para-hydroxylation sites is 1. The first-order valence-corrected chi connectivity index (χ1v) is 5.78. The molecule has 0 amide bonds. The minimum absolute atomic E-state index is 0.200. The van der Waals surface area contributed by atoms with Crippen LogP contribution < -0.4 is 0 Å². The third kappa shape index (κ3) is 2.02. The predicted octanol–water partition coefficient (Wildman–Crippen LogP) is 2.93. The maximum Gasteiger partial charge on any atom is 0.134 e. The number of rotatable bonds is 2. The predicted molar refractivity (Wildman–Crippen MR) is 70.5 cm³/mol. The molecule has 3 aromatic rings. The summed E-state index contributed by atoms with van der Waals surface area (Å²) >= 11 is 0. The van der Waals surface area contributed by atoms with Crippen LogP contribution in [0.2, 0.25) is 0 Å². The summed E-state index contributed by atoms with van der Waals surface area (Å²) in [4.78, 5) is 8.33. The number of fused-ring (bicyclic) bond motifs is 1. The number of nitrogens with zero attached hydrogens (tertiary/aromatic N) is 2. The van der Waals surface area contributed by atoms with E-state index in [1.807, 2.05) is 30.5 Å². The van der Waals surface area contributed by atoms with E-state index < -0.39 is 0 Å². The largest absolute Gasteiger partial charge is 0.506 e. The highest BCUT2D eigenvalue weighted by Crippen LogP contribution is 2.20. The second-order valence-corrected chi connectivity index (χ2v) is 4.22. The first kappa shape index (κ1) is 10.7.